The zero-order valence-electron chi connectivity index (χ0n) is 17.4. The third-order valence-electron chi connectivity index (χ3n) is 5.30. The van der Waals surface area contributed by atoms with Crippen molar-refractivity contribution in [3.8, 4) is 5.75 Å². The van der Waals surface area contributed by atoms with Crippen LogP contribution in [0.5, 0.6) is 5.75 Å². The van der Waals surface area contributed by atoms with Crippen molar-refractivity contribution in [3.63, 3.8) is 0 Å². The number of pyridine rings is 1. The summed E-state index contributed by atoms with van der Waals surface area (Å²) in [6.45, 7) is 2.81. The van der Waals surface area contributed by atoms with Crippen LogP contribution >= 0.6 is 11.3 Å². The number of fused-ring (bicyclic) bond motifs is 1. The molecule has 1 atom stereocenters. The number of nitrogens with zero attached hydrogens (tertiary/aromatic N) is 2. The molecule has 0 radical (unpaired) electrons. The normalized spacial score (nSPS) is 13.2. The highest BCUT2D eigenvalue weighted by atomic mass is 32.1. The molecule has 1 aromatic carbocycles. The van der Waals surface area contributed by atoms with E-state index in [2.05, 4.69) is 10.3 Å². The highest BCUT2D eigenvalue weighted by molar-refractivity contribution is 7.08. The second kappa shape index (κ2) is 8.68. The molecule has 0 spiro atoms. The van der Waals surface area contributed by atoms with Crippen LogP contribution < -0.4 is 10.1 Å². The molecule has 0 saturated carbocycles. The van der Waals surface area contributed by atoms with E-state index in [4.69, 9.17) is 4.74 Å². The summed E-state index contributed by atoms with van der Waals surface area (Å²) in [6.07, 6.45) is 1.65. The number of aromatic nitrogens is 2. The van der Waals surface area contributed by atoms with Crippen LogP contribution in [-0.2, 0) is 12.1 Å². The number of thiophene rings is 1. The quantitative estimate of drug-likeness (QED) is 0.436. The average molecular weight is 458 g/mol. The first kappa shape index (κ1) is 21.9. The molecule has 0 aliphatic carbocycles. The SMILES string of the molecule is Cc1nc2c(OCc3c(F)cccc3F)cccn2c1C(=O)N[C@@](C)(CO)c1ccsc1. The van der Waals surface area contributed by atoms with Crippen LogP contribution in [0.4, 0.5) is 8.78 Å². The number of carbonyl (C=O) groups excluding carboxylic acids is 1. The Hall–Kier alpha value is -3.30. The van der Waals surface area contributed by atoms with Crippen LogP contribution in [0.3, 0.4) is 0 Å². The Balaban J connectivity index is 1.64. The van der Waals surface area contributed by atoms with Crippen molar-refractivity contribution < 1.29 is 23.4 Å². The van der Waals surface area contributed by atoms with Gasteiger partial charge in [0.2, 0.25) is 0 Å². The summed E-state index contributed by atoms with van der Waals surface area (Å²) in [5, 5.41) is 16.6. The van der Waals surface area contributed by atoms with Gasteiger partial charge < -0.3 is 15.2 Å². The summed E-state index contributed by atoms with van der Waals surface area (Å²) in [6, 6.07) is 8.73. The van der Waals surface area contributed by atoms with Gasteiger partial charge in [-0.1, -0.05) is 6.07 Å². The van der Waals surface area contributed by atoms with E-state index in [0.29, 0.717) is 11.3 Å². The number of aryl methyl sites for hydroxylation is 1. The molecule has 0 bridgehead atoms. The van der Waals surface area contributed by atoms with Crippen LogP contribution in [0.2, 0.25) is 0 Å². The molecule has 4 rings (SSSR count). The van der Waals surface area contributed by atoms with Gasteiger partial charge in [0.25, 0.3) is 5.91 Å². The fourth-order valence-corrected chi connectivity index (χ4v) is 4.24. The number of hydrogen-bond acceptors (Lipinski definition) is 5. The van der Waals surface area contributed by atoms with Crippen LogP contribution in [-0.4, -0.2) is 27.0 Å². The van der Waals surface area contributed by atoms with Crippen LogP contribution in [0.1, 0.15) is 34.2 Å². The number of rotatable bonds is 7. The Kier molecular flexibility index (Phi) is 5.94. The lowest BCUT2D eigenvalue weighted by Crippen LogP contribution is -2.46. The summed E-state index contributed by atoms with van der Waals surface area (Å²) >= 11 is 1.47. The molecular weight excluding hydrogens is 436 g/mol. The van der Waals surface area contributed by atoms with Crippen LogP contribution in [0.25, 0.3) is 5.65 Å². The minimum absolute atomic E-state index is 0.190. The van der Waals surface area contributed by atoms with Crippen molar-refractivity contribution in [2.45, 2.75) is 26.0 Å². The van der Waals surface area contributed by atoms with Crippen molar-refractivity contribution in [1.29, 1.82) is 0 Å². The lowest BCUT2D eigenvalue weighted by Gasteiger charge is -2.28. The first-order valence-corrected chi connectivity index (χ1v) is 10.8. The van der Waals surface area contributed by atoms with E-state index in [1.165, 1.54) is 17.4 Å². The van der Waals surface area contributed by atoms with Crippen molar-refractivity contribution >= 4 is 22.9 Å². The summed E-state index contributed by atoms with van der Waals surface area (Å²) in [5.74, 6) is -1.54. The van der Waals surface area contributed by atoms with E-state index in [0.717, 1.165) is 17.7 Å². The van der Waals surface area contributed by atoms with E-state index in [1.54, 1.807) is 36.6 Å². The summed E-state index contributed by atoms with van der Waals surface area (Å²) in [5.41, 5.74) is 0.696. The van der Waals surface area contributed by atoms with E-state index in [-0.39, 0.29) is 30.2 Å². The number of amides is 1. The Labute approximate surface area is 187 Å². The highest BCUT2D eigenvalue weighted by Crippen LogP contribution is 2.26. The monoisotopic (exact) mass is 457 g/mol. The third-order valence-corrected chi connectivity index (χ3v) is 5.98. The zero-order valence-corrected chi connectivity index (χ0v) is 18.2. The molecule has 0 saturated heterocycles. The molecule has 0 unspecified atom stereocenters. The van der Waals surface area contributed by atoms with Gasteiger partial charge in [0.1, 0.15) is 23.9 Å². The molecule has 3 aromatic heterocycles. The second-order valence-electron chi connectivity index (χ2n) is 7.56. The number of carbonyl (C=O) groups is 1. The Morgan fingerprint density at radius 3 is 2.66 bits per heavy atom. The van der Waals surface area contributed by atoms with E-state index in [9.17, 15) is 18.7 Å². The number of hydrogen-bond donors (Lipinski definition) is 2. The van der Waals surface area contributed by atoms with Gasteiger partial charge in [-0.2, -0.15) is 11.3 Å². The molecular formula is C23H21F2N3O3S. The van der Waals surface area contributed by atoms with E-state index >= 15 is 0 Å². The Bertz CT molecular complexity index is 1250. The van der Waals surface area contributed by atoms with Gasteiger partial charge in [0, 0.05) is 6.20 Å². The Morgan fingerprint density at radius 2 is 2.00 bits per heavy atom. The number of aliphatic hydroxyl groups is 1. The van der Waals surface area contributed by atoms with Gasteiger partial charge in [-0.3, -0.25) is 9.20 Å². The van der Waals surface area contributed by atoms with Gasteiger partial charge in [0.15, 0.2) is 11.4 Å². The predicted molar refractivity (Wildman–Crippen MR) is 117 cm³/mol. The molecule has 9 heteroatoms. The van der Waals surface area contributed by atoms with Gasteiger partial charge in [-0.05, 0) is 60.5 Å². The lowest BCUT2D eigenvalue weighted by molar-refractivity contribution is 0.0843. The maximum Gasteiger partial charge on any atom is 0.270 e. The number of halogens is 2. The smallest absolute Gasteiger partial charge is 0.270 e. The van der Waals surface area contributed by atoms with Crippen molar-refractivity contribution in [2.24, 2.45) is 0 Å². The molecule has 6 nitrogen and oxygen atoms in total. The van der Waals surface area contributed by atoms with Gasteiger partial charge in [-0.25, -0.2) is 13.8 Å². The van der Waals surface area contributed by atoms with E-state index in [1.807, 2.05) is 16.8 Å². The maximum absolute atomic E-state index is 13.9. The minimum atomic E-state index is -0.968. The summed E-state index contributed by atoms with van der Waals surface area (Å²) in [4.78, 5) is 17.6. The third kappa shape index (κ3) is 3.96. The van der Waals surface area contributed by atoms with Gasteiger partial charge >= 0.3 is 0 Å². The summed E-state index contributed by atoms with van der Waals surface area (Å²) in [7, 11) is 0. The molecule has 2 N–H and O–H groups in total. The second-order valence-corrected chi connectivity index (χ2v) is 8.34. The number of imidazole rings is 1. The fraction of sp³-hybridized carbons (Fsp3) is 0.217. The molecule has 0 fully saturated rings. The summed E-state index contributed by atoms with van der Waals surface area (Å²) < 4.78 is 35.1. The van der Waals surface area contributed by atoms with Crippen LogP contribution in [0, 0.1) is 18.6 Å². The molecule has 0 aliphatic heterocycles. The number of nitrogens with one attached hydrogen (secondary N) is 1. The number of ether oxygens (including phenoxy) is 1. The highest BCUT2D eigenvalue weighted by Gasteiger charge is 2.31. The predicted octanol–water partition coefficient (Wildman–Crippen LogP) is 4.20. The number of aliphatic hydroxyl groups excluding tert-OH is 1. The Morgan fingerprint density at radius 1 is 1.25 bits per heavy atom. The molecule has 166 valence electrons. The van der Waals surface area contributed by atoms with Crippen molar-refractivity contribution in [1.82, 2.24) is 14.7 Å². The maximum atomic E-state index is 13.9. The van der Waals surface area contributed by atoms with Gasteiger partial charge in [0.05, 0.1) is 23.4 Å². The first-order chi connectivity index (χ1) is 15.3. The molecule has 4 aromatic rings. The molecule has 32 heavy (non-hydrogen) atoms. The lowest BCUT2D eigenvalue weighted by atomic mass is 9.95. The molecule has 3 heterocycles. The average Bonchev–Trinajstić information content (AvgIpc) is 3.41. The standard InChI is InChI=1S/C23H21F2N3O3S/c1-14-20(22(30)27-23(2,13-29)15-8-10-32-12-15)28-9-4-7-19(21(28)26-14)31-11-16-17(24)5-3-6-18(16)25/h3-10,12,29H,11,13H2,1-2H3,(H,27,30)/t23-/m0/s1. The van der Waals surface area contributed by atoms with Crippen molar-refractivity contribution in [2.75, 3.05) is 6.61 Å². The van der Waals surface area contributed by atoms with Gasteiger partial charge in [-0.15, -0.1) is 0 Å². The fourth-order valence-electron chi connectivity index (χ4n) is 3.45. The topological polar surface area (TPSA) is 75.9 Å². The van der Waals surface area contributed by atoms with Crippen LogP contribution in [0.15, 0.2) is 53.4 Å². The largest absolute Gasteiger partial charge is 0.485 e. The zero-order chi connectivity index (χ0) is 22.9. The number of benzene rings is 1. The minimum Gasteiger partial charge on any atom is -0.485 e. The van der Waals surface area contributed by atoms with E-state index < -0.39 is 23.1 Å². The van der Waals surface area contributed by atoms with Crippen molar-refractivity contribution in [3.05, 3.63) is 87.5 Å². The molecule has 0 aliphatic rings. The first-order valence-electron chi connectivity index (χ1n) is 9.83. The molecule has 1 amide bonds.